The largest absolute Gasteiger partial charge is 0.382 e. The van der Waals surface area contributed by atoms with Crippen LogP contribution in [0.3, 0.4) is 0 Å². The molecule has 0 radical (unpaired) electrons. The van der Waals surface area contributed by atoms with Crippen LogP contribution in [0.5, 0.6) is 0 Å². The number of nitrogens with two attached hydrogens (primary N) is 1. The molecule has 2 aromatic heterocycles. The Morgan fingerprint density at radius 2 is 2.10 bits per heavy atom. The van der Waals surface area contributed by atoms with Crippen LogP contribution in [0, 0.1) is 11.6 Å². The average molecular weight is 277 g/mol. The van der Waals surface area contributed by atoms with Gasteiger partial charge in [0.2, 0.25) is 0 Å². The number of hydrogen-bond donors (Lipinski definition) is 2. The summed E-state index contributed by atoms with van der Waals surface area (Å²) in [6, 6.07) is 3.05. The van der Waals surface area contributed by atoms with E-state index >= 15 is 0 Å². The maximum Gasteiger partial charge on any atom is 0.328 e. The molecule has 8 heteroatoms. The van der Waals surface area contributed by atoms with Crippen molar-refractivity contribution in [1.29, 1.82) is 0 Å². The number of aromatic amines is 1. The number of aromatic nitrogens is 4. The molecule has 0 aliphatic rings. The summed E-state index contributed by atoms with van der Waals surface area (Å²) in [5, 5.41) is 0. The summed E-state index contributed by atoms with van der Waals surface area (Å²) >= 11 is 0. The van der Waals surface area contributed by atoms with Gasteiger partial charge in [0.05, 0.1) is 6.54 Å². The summed E-state index contributed by atoms with van der Waals surface area (Å²) in [6.45, 7) is -0.154. The van der Waals surface area contributed by atoms with E-state index in [-0.39, 0.29) is 29.1 Å². The van der Waals surface area contributed by atoms with Crippen LogP contribution in [0.15, 0.2) is 29.3 Å². The van der Waals surface area contributed by atoms with Gasteiger partial charge in [-0.1, -0.05) is 0 Å². The van der Waals surface area contributed by atoms with Gasteiger partial charge in [0.15, 0.2) is 11.5 Å². The normalized spacial score (nSPS) is 11.1. The van der Waals surface area contributed by atoms with E-state index in [2.05, 4.69) is 15.0 Å². The van der Waals surface area contributed by atoms with E-state index < -0.39 is 17.3 Å². The topological polar surface area (TPSA) is 89.6 Å². The number of hydrogen-bond acceptors (Lipinski definition) is 4. The van der Waals surface area contributed by atoms with Crippen LogP contribution in [0.4, 0.5) is 14.6 Å². The minimum Gasteiger partial charge on any atom is -0.382 e. The van der Waals surface area contributed by atoms with Gasteiger partial charge < -0.3 is 10.7 Å². The molecule has 0 saturated carbocycles. The van der Waals surface area contributed by atoms with Gasteiger partial charge in [-0.25, -0.2) is 23.5 Å². The fraction of sp³-hybridized carbons (Fsp3) is 0.0833. The van der Waals surface area contributed by atoms with Crippen molar-refractivity contribution in [1.82, 2.24) is 19.5 Å². The molecule has 0 aliphatic heterocycles. The second kappa shape index (κ2) is 4.41. The molecule has 0 aliphatic carbocycles. The molecule has 3 rings (SSSR count). The van der Waals surface area contributed by atoms with Gasteiger partial charge in [0, 0.05) is 5.56 Å². The van der Waals surface area contributed by atoms with E-state index in [1.165, 1.54) is 10.9 Å². The lowest BCUT2D eigenvalue weighted by Gasteiger charge is -2.05. The molecular formula is C12H9F2N5O. The van der Waals surface area contributed by atoms with Crippen molar-refractivity contribution in [3.05, 3.63) is 52.2 Å². The van der Waals surface area contributed by atoms with Crippen molar-refractivity contribution in [3.8, 4) is 0 Å². The quantitative estimate of drug-likeness (QED) is 0.732. The number of anilines is 1. The van der Waals surface area contributed by atoms with E-state index in [0.717, 1.165) is 18.2 Å². The monoisotopic (exact) mass is 277 g/mol. The number of nitrogen functional groups attached to an aromatic ring is 1. The van der Waals surface area contributed by atoms with Gasteiger partial charge >= 0.3 is 5.69 Å². The van der Waals surface area contributed by atoms with Crippen LogP contribution in [-0.4, -0.2) is 19.5 Å². The Kier molecular flexibility index (Phi) is 2.70. The van der Waals surface area contributed by atoms with Crippen molar-refractivity contribution in [3.63, 3.8) is 0 Å². The second-order valence-electron chi connectivity index (χ2n) is 4.21. The first-order chi connectivity index (χ1) is 9.56. The molecule has 0 spiro atoms. The Hall–Kier alpha value is -2.77. The highest BCUT2D eigenvalue weighted by atomic mass is 19.1. The Bertz CT molecular complexity index is 855. The molecule has 0 bridgehead atoms. The molecule has 0 fully saturated rings. The molecule has 2 heterocycles. The minimum absolute atomic E-state index is 0.0465. The van der Waals surface area contributed by atoms with Gasteiger partial charge in [-0.2, -0.15) is 0 Å². The number of H-pyrrole nitrogens is 1. The van der Waals surface area contributed by atoms with Crippen molar-refractivity contribution < 1.29 is 8.78 Å². The molecule has 3 aromatic rings. The molecule has 3 N–H and O–H groups in total. The number of nitrogens with zero attached hydrogens (tertiary/aromatic N) is 3. The maximum absolute atomic E-state index is 13.6. The van der Waals surface area contributed by atoms with Crippen LogP contribution in [-0.2, 0) is 6.54 Å². The fourth-order valence-electron chi connectivity index (χ4n) is 1.97. The number of nitrogens with one attached hydrogen (secondary N) is 1. The van der Waals surface area contributed by atoms with Gasteiger partial charge in [0.1, 0.15) is 23.5 Å². The van der Waals surface area contributed by atoms with Crippen molar-refractivity contribution >= 4 is 17.0 Å². The molecule has 1 aromatic carbocycles. The lowest BCUT2D eigenvalue weighted by molar-refractivity contribution is 0.576. The highest BCUT2D eigenvalue weighted by Gasteiger charge is 2.13. The standard InChI is InChI=1S/C12H9F2N5O/c13-7-1-2-8(14)6(3-7)4-19-11-9(18-12(19)20)10(15)16-5-17-11/h1-3,5H,4H2,(H,18,20)(H2,15,16,17). The fourth-order valence-corrected chi connectivity index (χ4v) is 1.97. The summed E-state index contributed by atoms with van der Waals surface area (Å²) in [6.07, 6.45) is 1.20. The molecule has 6 nitrogen and oxygen atoms in total. The molecule has 102 valence electrons. The number of rotatable bonds is 2. The van der Waals surface area contributed by atoms with Crippen molar-refractivity contribution in [2.45, 2.75) is 6.54 Å². The van der Waals surface area contributed by atoms with E-state index in [0.29, 0.717) is 0 Å². The van der Waals surface area contributed by atoms with E-state index in [9.17, 15) is 13.6 Å². The SMILES string of the molecule is Nc1ncnc2c1[nH]c(=O)n2Cc1cc(F)ccc1F. The summed E-state index contributed by atoms with van der Waals surface area (Å²) in [4.78, 5) is 22.0. The summed E-state index contributed by atoms with van der Waals surface area (Å²) in [5.74, 6) is -1.07. The minimum atomic E-state index is -0.602. The van der Waals surface area contributed by atoms with E-state index in [1.54, 1.807) is 0 Å². The Balaban J connectivity index is 2.16. The summed E-state index contributed by atoms with van der Waals surface area (Å²) in [5.41, 5.74) is 5.66. The number of benzene rings is 1. The third-order valence-electron chi connectivity index (χ3n) is 2.93. The predicted octanol–water partition coefficient (Wildman–Crippen LogP) is 1.03. The van der Waals surface area contributed by atoms with Gasteiger partial charge in [-0.05, 0) is 18.2 Å². The van der Waals surface area contributed by atoms with Crippen LogP contribution in [0.2, 0.25) is 0 Å². The zero-order valence-electron chi connectivity index (χ0n) is 10.1. The zero-order valence-corrected chi connectivity index (χ0v) is 10.1. The van der Waals surface area contributed by atoms with Gasteiger partial charge in [-0.3, -0.25) is 4.57 Å². The van der Waals surface area contributed by atoms with Crippen molar-refractivity contribution in [2.75, 3.05) is 5.73 Å². The Morgan fingerprint density at radius 1 is 1.30 bits per heavy atom. The van der Waals surface area contributed by atoms with Crippen LogP contribution >= 0.6 is 0 Å². The first-order valence-electron chi connectivity index (χ1n) is 5.69. The average Bonchev–Trinajstić information content (AvgIpc) is 2.73. The first-order valence-corrected chi connectivity index (χ1v) is 5.69. The number of halogens is 2. The smallest absolute Gasteiger partial charge is 0.328 e. The number of imidazole rings is 1. The lowest BCUT2D eigenvalue weighted by atomic mass is 10.2. The van der Waals surface area contributed by atoms with Crippen LogP contribution < -0.4 is 11.4 Å². The maximum atomic E-state index is 13.6. The highest BCUT2D eigenvalue weighted by Crippen LogP contribution is 2.15. The predicted molar refractivity (Wildman–Crippen MR) is 68.0 cm³/mol. The summed E-state index contributed by atoms with van der Waals surface area (Å²) < 4.78 is 27.9. The third kappa shape index (κ3) is 1.91. The van der Waals surface area contributed by atoms with E-state index in [4.69, 9.17) is 5.73 Å². The Labute approximate surface area is 110 Å². The molecule has 0 unspecified atom stereocenters. The molecule has 0 amide bonds. The van der Waals surface area contributed by atoms with Crippen molar-refractivity contribution in [2.24, 2.45) is 0 Å². The molecule has 0 atom stereocenters. The highest BCUT2D eigenvalue weighted by molar-refractivity contribution is 5.81. The van der Waals surface area contributed by atoms with Gasteiger partial charge in [-0.15, -0.1) is 0 Å². The number of fused-ring (bicyclic) bond motifs is 1. The zero-order chi connectivity index (χ0) is 14.3. The molecule has 20 heavy (non-hydrogen) atoms. The van der Waals surface area contributed by atoms with Crippen LogP contribution in [0.25, 0.3) is 11.2 Å². The lowest BCUT2D eigenvalue weighted by Crippen LogP contribution is -2.18. The van der Waals surface area contributed by atoms with Gasteiger partial charge in [0.25, 0.3) is 0 Å². The molecule has 0 saturated heterocycles. The summed E-state index contributed by atoms with van der Waals surface area (Å²) in [7, 11) is 0. The van der Waals surface area contributed by atoms with Crippen LogP contribution in [0.1, 0.15) is 5.56 Å². The third-order valence-corrected chi connectivity index (χ3v) is 2.93. The first kappa shape index (κ1) is 12.3. The Morgan fingerprint density at radius 3 is 2.90 bits per heavy atom. The molecular weight excluding hydrogens is 268 g/mol. The van der Waals surface area contributed by atoms with E-state index in [1.807, 2.05) is 0 Å². The second-order valence-corrected chi connectivity index (χ2v) is 4.21.